The molecule has 1 unspecified atom stereocenters. The van der Waals surface area contributed by atoms with E-state index in [0.29, 0.717) is 17.0 Å². The number of hydrogen-bond acceptors (Lipinski definition) is 5. The van der Waals surface area contributed by atoms with Gasteiger partial charge in [0.2, 0.25) is 6.41 Å². The minimum absolute atomic E-state index is 0.451. The van der Waals surface area contributed by atoms with Crippen molar-refractivity contribution >= 4 is 45.9 Å². The molecule has 0 spiro atoms. The Bertz CT molecular complexity index is 854. The summed E-state index contributed by atoms with van der Waals surface area (Å²) >= 11 is 7.12. The van der Waals surface area contributed by atoms with E-state index in [0.717, 1.165) is 53.1 Å². The molecule has 0 radical (unpaired) electrons. The van der Waals surface area contributed by atoms with E-state index in [2.05, 4.69) is 29.4 Å². The Morgan fingerprint density at radius 3 is 2.58 bits per heavy atom. The fraction of sp³-hybridized carbons (Fsp3) is 0.478. The highest BCUT2D eigenvalue weighted by Crippen LogP contribution is 2.37. The smallest absolute Gasteiger partial charge is 0.251 e. The van der Waals surface area contributed by atoms with Gasteiger partial charge in [0.15, 0.2) is 0 Å². The van der Waals surface area contributed by atoms with Crippen molar-refractivity contribution < 1.29 is 9.59 Å². The Morgan fingerprint density at radius 1 is 1.32 bits per heavy atom. The topological polar surface area (TPSA) is 87.5 Å². The fourth-order valence-electron chi connectivity index (χ4n) is 3.84. The van der Waals surface area contributed by atoms with Gasteiger partial charge in [-0.1, -0.05) is 38.3 Å². The van der Waals surface area contributed by atoms with Crippen LogP contribution < -0.4 is 16.4 Å². The summed E-state index contributed by atoms with van der Waals surface area (Å²) in [5, 5.41) is 6.98. The highest BCUT2D eigenvalue weighted by atomic mass is 35.5. The number of anilines is 2. The molecule has 0 fully saturated rings. The molecule has 2 heterocycles. The van der Waals surface area contributed by atoms with Crippen LogP contribution in [-0.2, 0) is 17.8 Å². The molecule has 1 aromatic heterocycles. The summed E-state index contributed by atoms with van der Waals surface area (Å²) in [6.45, 7) is 7.38. The van der Waals surface area contributed by atoms with Gasteiger partial charge < -0.3 is 16.4 Å². The summed E-state index contributed by atoms with van der Waals surface area (Å²) in [6, 6.07) is 7.57. The second-order valence-electron chi connectivity index (χ2n) is 7.64. The van der Waals surface area contributed by atoms with Crippen LogP contribution >= 0.6 is 22.9 Å². The highest BCUT2D eigenvalue weighted by Gasteiger charge is 2.27. The van der Waals surface area contributed by atoms with Crippen molar-refractivity contribution in [1.82, 2.24) is 4.90 Å². The largest absolute Gasteiger partial charge is 0.388 e. The van der Waals surface area contributed by atoms with Gasteiger partial charge in [0.25, 0.3) is 5.91 Å². The fourth-order valence-corrected chi connectivity index (χ4v) is 5.22. The molecule has 2 amide bonds. The number of hydrogen-bond donors (Lipinski definition) is 3. The Morgan fingerprint density at radius 2 is 2.03 bits per heavy atom. The minimum atomic E-state index is -0.451. The van der Waals surface area contributed by atoms with Crippen LogP contribution in [0.15, 0.2) is 24.3 Å². The highest BCUT2D eigenvalue weighted by molar-refractivity contribution is 7.16. The van der Waals surface area contributed by atoms with Gasteiger partial charge in [-0.3, -0.25) is 14.5 Å². The van der Waals surface area contributed by atoms with E-state index in [1.165, 1.54) is 30.6 Å². The van der Waals surface area contributed by atoms with E-state index < -0.39 is 5.91 Å². The van der Waals surface area contributed by atoms with E-state index in [4.69, 9.17) is 17.3 Å². The zero-order valence-electron chi connectivity index (χ0n) is 18.5. The average Bonchev–Trinajstić information content (AvgIpc) is 3.12. The van der Waals surface area contributed by atoms with Gasteiger partial charge in [-0.25, -0.2) is 0 Å². The minimum Gasteiger partial charge on any atom is -0.388 e. The van der Waals surface area contributed by atoms with Gasteiger partial charge in [-0.05, 0) is 48.6 Å². The molecule has 0 saturated carbocycles. The normalized spacial score (nSPS) is 14.1. The number of halogens is 1. The first kappa shape index (κ1) is 25.2. The number of nitrogens with zero attached hydrogens (tertiary/aromatic N) is 1. The van der Waals surface area contributed by atoms with Crippen molar-refractivity contribution in [3.05, 3.63) is 45.3 Å². The van der Waals surface area contributed by atoms with Gasteiger partial charge >= 0.3 is 0 Å². The molecule has 2 aromatic rings. The number of thiophene rings is 1. The molecule has 4 N–H and O–H groups in total. The number of nitrogens with two attached hydrogens (primary N) is 1. The number of fused-ring (bicyclic) bond motifs is 1. The Kier molecular flexibility index (Phi) is 10.3. The molecule has 1 aliphatic rings. The molecule has 1 atom stereocenters. The zero-order chi connectivity index (χ0) is 22.8. The van der Waals surface area contributed by atoms with Crippen LogP contribution in [0.4, 0.5) is 10.7 Å². The summed E-state index contributed by atoms with van der Waals surface area (Å²) in [6.07, 6.45) is 5.11. The van der Waals surface area contributed by atoms with Gasteiger partial charge in [0.1, 0.15) is 5.00 Å². The monoisotopic (exact) mass is 464 g/mol. The van der Waals surface area contributed by atoms with Crippen LogP contribution in [0.25, 0.3) is 0 Å². The number of rotatable bonds is 9. The van der Waals surface area contributed by atoms with Crippen LogP contribution in [0, 0.1) is 5.92 Å². The van der Waals surface area contributed by atoms with Crippen LogP contribution in [0.5, 0.6) is 0 Å². The first-order valence-electron chi connectivity index (χ1n) is 10.7. The molecule has 31 heavy (non-hydrogen) atoms. The standard InChI is InChI=1S/C16H25N3O2S.C7H8ClN/c1-3-5-11(4-2)8-19-7-6-12-13(9-19)22-16(18-10-20)14(12)15(17)21;1-9-7-4-2-6(8)3-5-7/h10-11H,3-9H2,1-2H3,(H2,17,21)(H,18,20);2-5,9H,1H3. The number of benzene rings is 1. The molecular weight excluding hydrogens is 432 g/mol. The molecular formula is C23H33ClN4O2S. The van der Waals surface area contributed by atoms with E-state index in [1.807, 2.05) is 31.3 Å². The number of carbonyl (C=O) groups is 2. The quantitative estimate of drug-likeness (QED) is 0.456. The molecule has 6 nitrogen and oxygen atoms in total. The van der Waals surface area contributed by atoms with Crippen molar-refractivity contribution in [2.75, 3.05) is 30.8 Å². The van der Waals surface area contributed by atoms with Gasteiger partial charge in [0, 0.05) is 42.3 Å². The van der Waals surface area contributed by atoms with E-state index in [9.17, 15) is 9.59 Å². The maximum absolute atomic E-state index is 11.7. The second kappa shape index (κ2) is 12.7. The van der Waals surface area contributed by atoms with Gasteiger partial charge in [0.05, 0.1) is 5.56 Å². The molecule has 0 aliphatic carbocycles. The molecule has 0 saturated heterocycles. The van der Waals surface area contributed by atoms with Gasteiger partial charge in [-0.15, -0.1) is 11.3 Å². The molecule has 3 rings (SSSR count). The average molecular weight is 465 g/mol. The number of carbonyl (C=O) groups excluding carboxylic acids is 2. The predicted molar refractivity (Wildman–Crippen MR) is 131 cm³/mol. The maximum Gasteiger partial charge on any atom is 0.251 e. The Balaban J connectivity index is 0.000000316. The maximum atomic E-state index is 11.7. The molecule has 8 heteroatoms. The van der Waals surface area contributed by atoms with E-state index in [-0.39, 0.29) is 0 Å². The lowest BCUT2D eigenvalue weighted by Crippen LogP contribution is -2.34. The van der Waals surface area contributed by atoms with Crippen molar-refractivity contribution in [2.24, 2.45) is 11.7 Å². The van der Waals surface area contributed by atoms with Crippen molar-refractivity contribution in [2.45, 2.75) is 46.1 Å². The number of primary amides is 1. The summed E-state index contributed by atoms with van der Waals surface area (Å²) < 4.78 is 0. The SMILES string of the molecule is CCCC(CC)CN1CCc2c(sc(NC=O)c2C(N)=O)C1.CNc1ccc(Cl)cc1. The van der Waals surface area contributed by atoms with E-state index >= 15 is 0 Å². The molecule has 170 valence electrons. The molecule has 1 aromatic carbocycles. The van der Waals surface area contributed by atoms with Gasteiger partial charge in [-0.2, -0.15) is 0 Å². The third kappa shape index (κ3) is 7.23. The third-order valence-electron chi connectivity index (χ3n) is 5.50. The van der Waals surface area contributed by atoms with Crippen LogP contribution in [-0.4, -0.2) is 37.4 Å². The van der Waals surface area contributed by atoms with Crippen LogP contribution in [0.3, 0.4) is 0 Å². The van der Waals surface area contributed by atoms with E-state index in [1.54, 1.807) is 0 Å². The zero-order valence-corrected chi connectivity index (χ0v) is 20.1. The first-order chi connectivity index (χ1) is 14.9. The number of nitrogens with one attached hydrogen (secondary N) is 2. The summed E-state index contributed by atoms with van der Waals surface area (Å²) in [7, 11) is 1.88. The van der Waals surface area contributed by atoms with Crippen LogP contribution in [0.2, 0.25) is 5.02 Å². The Labute approximate surface area is 194 Å². The lowest BCUT2D eigenvalue weighted by Gasteiger charge is -2.30. The summed E-state index contributed by atoms with van der Waals surface area (Å²) in [5.74, 6) is 0.280. The first-order valence-corrected chi connectivity index (χ1v) is 11.9. The molecule has 1 aliphatic heterocycles. The summed E-state index contributed by atoms with van der Waals surface area (Å²) in [5.41, 5.74) is 8.11. The second-order valence-corrected chi connectivity index (χ2v) is 9.18. The lowest BCUT2D eigenvalue weighted by molar-refractivity contribution is -0.105. The number of amides is 2. The van der Waals surface area contributed by atoms with Crippen molar-refractivity contribution in [3.63, 3.8) is 0 Å². The van der Waals surface area contributed by atoms with Crippen molar-refractivity contribution in [3.8, 4) is 0 Å². The predicted octanol–water partition coefficient (Wildman–Crippen LogP) is 4.98. The summed E-state index contributed by atoms with van der Waals surface area (Å²) in [4.78, 5) is 26.0. The van der Waals surface area contributed by atoms with Crippen molar-refractivity contribution in [1.29, 1.82) is 0 Å². The van der Waals surface area contributed by atoms with Crippen LogP contribution in [0.1, 0.15) is 53.9 Å². The lowest BCUT2D eigenvalue weighted by atomic mass is 9.97. The molecule has 0 bridgehead atoms. The Hall–Kier alpha value is -2.09. The third-order valence-corrected chi connectivity index (χ3v) is 6.90.